The average molecular weight is 597 g/mol. The molecule has 6 N–H and O–H groups in total. The summed E-state index contributed by atoms with van der Waals surface area (Å²) in [5.74, 6) is 0.815. The first-order valence-corrected chi connectivity index (χ1v) is 15.7. The molecule has 0 aromatic carbocycles. The predicted octanol–water partition coefficient (Wildman–Crippen LogP) is 4.09. The molecule has 42 heavy (non-hydrogen) atoms. The molecule has 0 aromatic heterocycles. The van der Waals surface area contributed by atoms with Crippen LogP contribution in [0.25, 0.3) is 0 Å². The van der Waals surface area contributed by atoms with E-state index >= 15 is 0 Å². The zero-order chi connectivity index (χ0) is 32.8. The fourth-order valence-corrected chi connectivity index (χ4v) is 4.06. The molecule has 0 heterocycles. The lowest BCUT2D eigenvalue weighted by atomic mass is 9.97. The Balaban J connectivity index is 0. The van der Waals surface area contributed by atoms with Gasteiger partial charge < -0.3 is 21.7 Å². The van der Waals surface area contributed by atoms with Crippen molar-refractivity contribution < 1.29 is 29.4 Å². The van der Waals surface area contributed by atoms with E-state index in [0.717, 1.165) is 43.5 Å². The number of hydrogen-bond acceptors (Lipinski definition) is 10. The monoisotopic (exact) mass is 596 g/mol. The minimum Gasteiger partial charge on any atom is -0.392 e. The van der Waals surface area contributed by atoms with Gasteiger partial charge in [-0.05, 0) is 66.2 Å². The van der Waals surface area contributed by atoms with E-state index < -0.39 is 0 Å². The average Bonchev–Trinajstić information content (AvgIpc) is 2.96. The molecule has 0 radical (unpaired) electrons. The number of carbonyl (C=O) groups excluding carboxylic acids is 4. The third kappa shape index (κ3) is 20.7. The third-order valence-corrected chi connectivity index (χ3v) is 7.08. The van der Waals surface area contributed by atoms with Gasteiger partial charge in [0.05, 0.1) is 24.3 Å². The number of nitrogens with two attached hydrogens (primary N) is 2. The maximum atomic E-state index is 11.3. The highest BCUT2D eigenvalue weighted by molar-refractivity contribution is 6.05. The first-order valence-electron chi connectivity index (χ1n) is 15.7. The highest BCUT2D eigenvalue weighted by Gasteiger charge is 2.18. The molecule has 0 aromatic rings. The third-order valence-electron chi connectivity index (χ3n) is 7.08. The second-order valence-corrected chi connectivity index (χ2v) is 11.2. The Morgan fingerprint density at radius 2 is 1.14 bits per heavy atom. The topological polar surface area (TPSA) is 186 Å². The van der Waals surface area contributed by atoms with Gasteiger partial charge in [-0.1, -0.05) is 27.7 Å². The molecule has 6 atom stereocenters. The number of ketones is 4. The van der Waals surface area contributed by atoms with Gasteiger partial charge in [0.2, 0.25) is 0 Å². The summed E-state index contributed by atoms with van der Waals surface area (Å²) in [6.07, 6.45) is 7.80. The van der Waals surface area contributed by atoms with Crippen LogP contribution in [0.2, 0.25) is 0 Å². The molecule has 2 fully saturated rings. The highest BCUT2D eigenvalue weighted by atomic mass is 16.3. The summed E-state index contributed by atoms with van der Waals surface area (Å²) in [5, 5.41) is 18.3. The van der Waals surface area contributed by atoms with Gasteiger partial charge in [0.1, 0.15) is 23.4 Å². The van der Waals surface area contributed by atoms with Crippen molar-refractivity contribution in [2.75, 3.05) is 0 Å². The van der Waals surface area contributed by atoms with Crippen LogP contribution in [0, 0.1) is 0 Å². The van der Waals surface area contributed by atoms with E-state index in [1.807, 2.05) is 34.6 Å². The molecule has 6 unspecified atom stereocenters. The molecule has 2 aliphatic carbocycles. The van der Waals surface area contributed by atoms with Crippen molar-refractivity contribution in [2.24, 2.45) is 21.5 Å². The van der Waals surface area contributed by atoms with Crippen LogP contribution >= 0.6 is 0 Å². The smallest absolute Gasteiger partial charge is 0.156 e. The maximum absolute atomic E-state index is 11.3. The van der Waals surface area contributed by atoms with E-state index in [1.165, 1.54) is 0 Å². The van der Waals surface area contributed by atoms with Crippen molar-refractivity contribution in [2.45, 2.75) is 169 Å². The van der Waals surface area contributed by atoms with Crippen molar-refractivity contribution in [3.05, 3.63) is 0 Å². The number of aliphatic hydroxyl groups is 2. The normalized spacial score (nSPS) is 21.2. The van der Waals surface area contributed by atoms with Crippen molar-refractivity contribution in [3.63, 3.8) is 0 Å². The van der Waals surface area contributed by atoms with E-state index in [2.05, 4.69) is 9.98 Å². The molecular formula is C32H60N4O6. The van der Waals surface area contributed by atoms with Gasteiger partial charge in [-0.15, -0.1) is 0 Å². The minimum absolute atomic E-state index is 0.0686. The van der Waals surface area contributed by atoms with Crippen LogP contribution in [0.3, 0.4) is 0 Å². The van der Waals surface area contributed by atoms with E-state index in [-0.39, 0.29) is 59.5 Å². The van der Waals surface area contributed by atoms with Crippen LogP contribution in [-0.2, 0) is 19.2 Å². The zero-order valence-electron chi connectivity index (χ0n) is 27.5. The molecule has 0 aliphatic heterocycles. The van der Waals surface area contributed by atoms with Gasteiger partial charge in [0.25, 0.3) is 0 Å². The van der Waals surface area contributed by atoms with Crippen LogP contribution < -0.4 is 11.5 Å². The summed E-state index contributed by atoms with van der Waals surface area (Å²) >= 11 is 0. The lowest BCUT2D eigenvalue weighted by Crippen LogP contribution is -2.30. The molecule has 244 valence electrons. The lowest BCUT2D eigenvalue weighted by molar-refractivity contribution is -0.120. The van der Waals surface area contributed by atoms with Crippen LogP contribution in [0.5, 0.6) is 0 Å². The maximum Gasteiger partial charge on any atom is 0.156 e. The fraction of sp³-hybridized carbons (Fsp3) is 0.812. The molecule has 10 nitrogen and oxygen atoms in total. The Kier molecular flexibility index (Phi) is 24.3. The van der Waals surface area contributed by atoms with Crippen LogP contribution in [0.4, 0.5) is 0 Å². The molecule has 0 saturated heterocycles. The quantitative estimate of drug-likeness (QED) is 0.290. The van der Waals surface area contributed by atoms with Crippen molar-refractivity contribution in [3.8, 4) is 0 Å². The van der Waals surface area contributed by atoms with Gasteiger partial charge in [0.15, 0.2) is 5.78 Å². The van der Waals surface area contributed by atoms with E-state index in [1.54, 1.807) is 20.8 Å². The van der Waals surface area contributed by atoms with Crippen LogP contribution in [0.1, 0.15) is 132 Å². The first kappa shape index (κ1) is 42.0. The number of aliphatic imine (C=N–C) groups is 2. The van der Waals surface area contributed by atoms with Gasteiger partial charge in [-0.25, -0.2) is 0 Å². The van der Waals surface area contributed by atoms with Crippen molar-refractivity contribution in [1.82, 2.24) is 0 Å². The van der Waals surface area contributed by atoms with Gasteiger partial charge in [-0.2, -0.15) is 0 Å². The number of nitrogens with zero attached hydrogens (tertiary/aromatic N) is 2. The number of Topliss-reactive ketones (excluding diaryl/α,β-unsaturated/α-hetero) is 4. The largest absolute Gasteiger partial charge is 0.392 e. The predicted molar refractivity (Wildman–Crippen MR) is 171 cm³/mol. The molecule has 10 heteroatoms. The molecule has 2 rings (SSSR count). The SMILES string of the molecule is CCC(=O)C(C)N.CCC(=O)C(C)N=C1CCCC(=O)C1.CCC(O)C(C)N.CCC(O)C(C)N=C1CCCC(=O)C1. The number of hydrogen-bond donors (Lipinski definition) is 4. The molecule has 2 aliphatic rings. The second-order valence-electron chi connectivity index (χ2n) is 11.2. The summed E-state index contributed by atoms with van der Waals surface area (Å²) in [5.41, 5.74) is 12.4. The van der Waals surface area contributed by atoms with Crippen LogP contribution in [-0.4, -0.2) is 81.1 Å². The van der Waals surface area contributed by atoms with Crippen LogP contribution in [0.15, 0.2) is 9.98 Å². The van der Waals surface area contributed by atoms with E-state index in [4.69, 9.17) is 16.6 Å². The molecule has 0 bridgehead atoms. The molecular weight excluding hydrogens is 536 g/mol. The second kappa shape index (κ2) is 24.3. The zero-order valence-corrected chi connectivity index (χ0v) is 27.5. The Labute approximate surface area is 254 Å². The fourth-order valence-electron chi connectivity index (χ4n) is 4.06. The van der Waals surface area contributed by atoms with Gasteiger partial charge in [0, 0.05) is 56.0 Å². The summed E-state index contributed by atoms with van der Waals surface area (Å²) in [7, 11) is 0. The van der Waals surface area contributed by atoms with Gasteiger partial charge >= 0.3 is 0 Å². The Hall–Kier alpha value is -2.14. The van der Waals surface area contributed by atoms with Gasteiger partial charge in [-0.3, -0.25) is 29.2 Å². The Morgan fingerprint density at radius 1 is 0.714 bits per heavy atom. The Morgan fingerprint density at radius 3 is 1.43 bits per heavy atom. The van der Waals surface area contributed by atoms with E-state index in [0.29, 0.717) is 44.9 Å². The van der Waals surface area contributed by atoms with Crippen molar-refractivity contribution >= 4 is 34.6 Å². The standard InChI is InChI=1S/C11H19NO2.C11H17NO2.C5H13NO.C5H11NO/c2*1-3-11(14)8(2)12-9-5-4-6-10(13)7-9;2*1-3-5(7)4(2)6/h8,11,14H,3-7H2,1-2H3;8H,3-7H2,1-2H3;4-5,7H,3,6H2,1-2H3;4H,3,6H2,1-2H3. The summed E-state index contributed by atoms with van der Waals surface area (Å²) in [6, 6.07) is -0.684. The summed E-state index contributed by atoms with van der Waals surface area (Å²) in [6.45, 7) is 14.7. The van der Waals surface area contributed by atoms with E-state index in [9.17, 15) is 24.3 Å². The molecule has 0 amide bonds. The number of aliphatic hydroxyl groups excluding tert-OH is 2. The number of rotatable bonds is 10. The molecule has 0 spiro atoms. The first-order chi connectivity index (χ1) is 19.6. The highest BCUT2D eigenvalue weighted by Crippen LogP contribution is 2.15. The minimum atomic E-state index is -0.375. The summed E-state index contributed by atoms with van der Waals surface area (Å²) in [4.78, 5) is 52.6. The molecule has 2 saturated carbocycles. The Bertz CT molecular complexity index is 869. The lowest BCUT2D eigenvalue weighted by Gasteiger charge is -2.17. The van der Waals surface area contributed by atoms with Crippen molar-refractivity contribution in [1.29, 1.82) is 0 Å². The number of carbonyl (C=O) groups is 4. The summed E-state index contributed by atoms with van der Waals surface area (Å²) < 4.78 is 0.